The first-order valence-electron chi connectivity index (χ1n) is 19.3. The maximum Gasteiger partial charge on any atom is 0.472 e. The topological polar surface area (TPSA) is 169 Å². The van der Waals surface area contributed by atoms with Gasteiger partial charge in [-0.2, -0.15) is 0 Å². The quantitative estimate of drug-likeness (QED) is 0.0212. The van der Waals surface area contributed by atoms with Crippen LogP contribution in [-0.4, -0.2) is 64.9 Å². The summed E-state index contributed by atoms with van der Waals surface area (Å²) < 4.78 is 26.6. The number of allylic oxidation sites excluding steroid dienone is 10. The number of aliphatic hydroxyl groups excluding tert-OH is 1. The molecule has 52 heavy (non-hydrogen) atoms. The highest BCUT2D eigenvalue weighted by atomic mass is 31.2. The molecule has 0 aliphatic heterocycles. The van der Waals surface area contributed by atoms with E-state index >= 15 is 0 Å². The van der Waals surface area contributed by atoms with Gasteiger partial charge in [0.05, 0.1) is 13.2 Å². The largest absolute Gasteiger partial charge is 0.480 e. The molecule has 1 amide bonds. The minimum atomic E-state index is -4.75. The lowest BCUT2D eigenvalue weighted by atomic mass is 10.1. The van der Waals surface area contributed by atoms with Crippen LogP contribution in [0.3, 0.4) is 0 Å². The zero-order valence-electron chi connectivity index (χ0n) is 31.8. The molecular weight excluding hydrogens is 685 g/mol. The number of amides is 1. The van der Waals surface area contributed by atoms with Crippen molar-refractivity contribution in [1.82, 2.24) is 5.32 Å². The Balaban J connectivity index is 4.00. The first-order chi connectivity index (χ1) is 25.1. The van der Waals surface area contributed by atoms with Crippen molar-refractivity contribution >= 4 is 25.7 Å². The van der Waals surface area contributed by atoms with E-state index < -0.39 is 57.6 Å². The van der Waals surface area contributed by atoms with Crippen molar-refractivity contribution in [3.8, 4) is 0 Å². The molecule has 0 fully saturated rings. The van der Waals surface area contributed by atoms with Crippen LogP contribution in [0.4, 0.5) is 0 Å². The van der Waals surface area contributed by atoms with Gasteiger partial charge in [-0.1, -0.05) is 132 Å². The second-order valence-corrected chi connectivity index (χ2v) is 14.2. The second kappa shape index (κ2) is 35.2. The number of hydrogen-bond donors (Lipinski definition) is 4. The van der Waals surface area contributed by atoms with Crippen LogP contribution < -0.4 is 5.32 Å². The Bertz CT molecular complexity index is 1120. The number of phosphoric acid groups is 1. The Morgan fingerprint density at radius 3 is 1.67 bits per heavy atom. The molecule has 0 saturated heterocycles. The van der Waals surface area contributed by atoms with E-state index in [1.165, 1.54) is 19.3 Å². The number of hydrogen-bond acceptors (Lipinski definition) is 8. The zero-order chi connectivity index (χ0) is 38.5. The lowest BCUT2D eigenvalue weighted by Crippen LogP contribution is -2.43. The van der Waals surface area contributed by atoms with Gasteiger partial charge in [-0.05, 0) is 57.8 Å². The molecule has 12 heteroatoms. The lowest BCUT2D eigenvalue weighted by Gasteiger charge is -2.18. The van der Waals surface area contributed by atoms with Crippen LogP contribution in [0, 0.1) is 0 Å². The number of nitrogens with one attached hydrogen (secondary N) is 1. The minimum Gasteiger partial charge on any atom is -0.480 e. The average molecular weight is 754 g/mol. The first-order valence-corrected chi connectivity index (χ1v) is 20.8. The van der Waals surface area contributed by atoms with Crippen LogP contribution in [0.1, 0.15) is 142 Å². The summed E-state index contributed by atoms with van der Waals surface area (Å²) >= 11 is 0. The van der Waals surface area contributed by atoms with Gasteiger partial charge in [-0.25, -0.2) is 9.36 Å². The molecule has 0 saturated carbocycles. The fourth-order valence-electron chi connectivity index (χ4n) is 4.81. The normalized spacial score (nSPS) is 14.5. The lowest BCUT2D eigenvalue weighted by molar-refractivity contribution is -0.147. The Morgan fingerprint density at radius 2 is 1.12 bits per heavy atom. The first kappa shape index (κ1) is 49.2. The predicted molar refractivity (Wildman–Crippen MR) is 208 cm³/mol. The molecule has 0 aliphatic rings. The number of ether oxygens (including phenoxy) is 1. The molecule has 0 aromatic rings. The maximum absolute atomic E-state index is 12.3. The van der Waals surface area contributed by atoms with Gasteiger partial charge in [-0.15, -0.1) is 0 Å². The zero-order valence-corrected chi connectivity index (χ0v) is 32.7. The van der Waals surface area contributed by atoms with Crippen molar-refractivity contribution in [2.75, 3.05) is 19.8 Å². The summed E-state index contributed by atoms with van der Waals surface area (Å²) in [6, 6.07) is -1.56. The van der Waals surface area contributed by atoms with Crippen molar-refractivity contribution in [1.29, 1.82) is 0 Å². The molecule has 11 nitrogen and oxygen atoms in total. The number of rotatable bonds is 35. The molecule has 4 N–H and O–H groups in total. The van der Waals surface area contributed by atoms with Crippen LogP contribution in [0.2, 0.25) is 0 Å². The van der Waals surface area contributed by atoms with E-state index in [1.807, 2.05) is 0 Å². The van der Waals surface area contributed by atoms with Crippen molar-refractivity contribution in [3.05, 3.63) is 60.8 Å². The summed E-state index contributed by atoms with van der Waals surface area (Å²) in [6.07, 6.45) is 38.5. The maximum atomic E-state index is 12.3. The smallest absolute Gasteiger partial charge is 0.472 e. The summed E-state index contributed by atoms with van der Waals surface area (Å²) in [6.45, 7) is 2.38. The summed E-state index contributed by atoms with van der Waals surface area (Å²) in [5, 5.41) is 21.7. The highest BCUT2D eigenvalue weighted by Crippen LogP contribution is 2.43. The molecular formula is C40H68NO10P. The molecule has 0 rings (SSSR count). The SMILES string of the molecule is CC/C=C\C/C=C\C/C=C\C/C=C\C/C=C\CCCCCCCC(=O)NC(COP(=O)(O)OCC(O)COC(=O)CCCCCCCCC)C(=O)O. The third-order valence-corrected chi connectivity index (χ3v) is 8.77. The number of carbonyl (C=O) groups excluding carboxylic acids is 2. The number of unbranched alkanes of at least 4 members (excludes halogenated alkanes) is 11. The molecule has 0 aromatic heterocycles. The number of carboxylic acids is 1. The highest BCUT2D eigenvalue weighted by Gasteiger charge is 2.28. The van der Waals surface area contributed by atoms with Gasteiger partial charge in [0.25, 0.3) is 0 Å². The van der Waals surface area contributed by atoms with Gasteiger partial charge in [0.1, 0.15) is 12.7 Å². The minimum absolute atomic E-state index is 0.121. The Labute approximate surface area is 313 Å². The van der Waals surface area contributed by atoms with E-state index in [-0.39, 0.29) is 12.8 Å². The van der Waals surface area contributed by atoms with Gasteiger partial charge in [0.2, 0.25) is 5.91 Å². The van der Waals surface area contributed by atoms with Crippen LogP contribution in [-0.2, 0) is 32.7 Å². The number of esters is 1. The summed E-state index contributed by atoms with van der Waals surface area (Å²) in [5.74, 6) is -2.41. The molecule has 0 radical (unpaired) electrons. The molecule has 0 bridgehead atoms. The molecule has 0 aliphatic carbocycles. The molecule has 0 spiro atoms. The fourth-order valence-corrected chi connectivity index (χ4v) is 5.58. The van der Waals surface area contributed by atoms with E-state index in [4.69, 9.17) is 13.8 Å². The van der Waals surface area contributed by atoms with Crippen molar-refractivity contribution < 1.29 is 47.8 Å². The Kier molecular flexibility index (Phi) is 33.3. The van der Waals surface area contributed by atoms with Gasteiger partial charge < -0.3 is 25.2 Å². The van der Waals surface area contributed by atoms with Crippen LogP contribution in [0.5, 0.6) is 0 Å². The number of aliphatic carboxylic acids is 1. The third kappa shape index (κ3) is 34.3. The molecule has 298 valence electrons. The van der Waals surface area contributed by atoms with Gasteiger partial charge >= 0.3 is 19.8 Å². The van der Waals surface area contributed by atoms with E-state index in [2.05, 4.69) is 79.9 Å². The predicted octanol–water partition coefficient (Wildman–Crippen LogP) is 9.22. The van der Waals surface area contributed by atoms with E-state index in [1.54, 1.807) is 0 Å². The van der Waals surface area contributed by atoms with Gasteiger partial charge in [0.15, 0.2) is 6.04 Å². The average Bonchev–Trinajstić information content (AvgIpc) is 3.11. The van der Waals surface area contributed by atoms with Crippen molar-refractivity contribution in [2.24, 2.45) is 0 Å². The van der Waals surface area contributed by atoms with Crippen LogP contribution in [0.25, 0.3) is 0 Å². The van der Waals surface area contributed by atoms with Gasteiger partial charge in [0, 0.05) is 12.8 Å². The van der Waals surface area contributed by atoms with Crippen molar-refractivity contribution in [3.63, 3.8) is 0 Å². The summed E-state index contributed by atoms with van der Waals surface area (Å²) in [7, 11) is -4.75. The third-order valence-electron chi connectivity index (χ3n) is 7.82. The molecule has 0 aromatic carbocycles. The van der Waals surface area contributed by atoms with E-state index in [9.17, 15) is 34.1 Å². The fraction of sp³-hybridized carbons (Fsp3) is 0.675. The monoisotopic (exact) mass is 753 g/mol. The Hall–Kier alpha value is -2.82. The standard InChI is InChI=1S/C40H68NO10P/c1-3-5-7-9-11-12-13-14-15-16-17-18-19-20-21-22-23-24-26-27-29-31-38(43)41-37(40(45)46)35-51-52(47,48)50-34-36(42)33-49-39(44)32-30-28-25-10-8-6-4-2/h5,7,11-12,14-15,17-18,20-21,36-37,42H,3-4,6,8-10,13,16,19,22-35H2,1-2H3,(H,41,43)(H,45,46)(H,47,48)/b7-5-,12-11-,15-14-,18-17-,21-20-. The van der Waals surface area contributed by atoms with Gasteiger partial charge in [-0.3, -0.25) is 18.6 Å². The number of phosphoric ester groups is 1. The van der Waals surface area contributed by atoms with Crippen LogP contribution in [0.15, 0.2) is 60.8 Å². The Morgan fingerprint density at radius 1 is 0.635 bits per heavy atom. The molecule has 3 unspecified atom stereocenters. The van der Waals surface area contributed by atoms with Crippen LogP contribution >= 0.6 is 7.82 Å². The number of aliphatic hydroxyl groups is 1. The van der Waals surface area contributed by atoms with Crippen molar-refractivity contribution in [2.45, 2.75) is 154 Å². The van der Waals surface area contributed by atoms with E-state index in [0.717, 1.165) is 83.5 Å². The number of carboxylic acid groups (broad SMARTS) is 1. The summed E-state index contributed by atoms with van der Waals surface area (Å²) in [4.78, 5) is 45.6. The molecule has 0 heterocycles. The second-order valence-electron chi connectivity index (χ2n) is 12.7. The highest BCUT2D eigenvalue weighted by molar-refractivity contribution is 7.47. The van der Waals surface area contributed by atoms with E-state index in [0.29, 0.717) is 12.8 Å². The summed E-state index contributed by atoms with van der Waals surface area (Å²) in [5.41, 5.74) is 0. The molecule has 3 atom stereocenters. The number of carbonyl (C=O) groups is 3.